The highest BCUT2D eigenvalue weighted by molar-refractivity contribution is 5.89. The van der Waals surface area contributed by atoms with Crippen molar-refractivity contribution in [1.82, 2.24) is 0 Å². The summed E-state index contributed by atoms with van der Waals surface area (Å²) in [5, 5.41) is 0. The number of esters is 1. The van der Waals surface area contributed by atoms with Gasteiger partial charge in [0, 0.05) is 11.6 Å². The van der Waals surface area contributed by atoms with Crippen LogP contribution in [0.3, 0.4) is 0 Å². The van der Waals surface area contributed by atoms with Crippen LogP contribution in [0.2, 0.25) is 0 Å². The third kappa shape index (κ3) is 2.05. The Morgan fingerprint density at radius 1 is 1.91 bits per heavy atom. The molecular weight excluding hydrogens is 142 g/mol. The van der Waals surface area contributed by atoms with Gasteiger partial charge in [0.05, 0.1) is 6.61 Å². The van der Waals surface area contributed by atoms with Crippen LogP contribution in [0, 0.1) is 0 Å². The van der Waals surface area contributed by atoms with Gasteiger partial charge in [-0.05, 0) is 19.8 Å². The highest BCUT2D eigenvalue weighted by Gasteiger charge is 2.19. The van der Waals surface area contributed by atoms with Gasteiger partial charge in [-0.3, -0.25) is 0 Å². The van der Waals surface area contributed by atoms with E-state index < -0.39 is 0 Å². The summed E-state index contributed by atoms with van der Waals surface area (Å²) in [7, 11) is 0. The molecule has 0 radical (unpaired) electrons. The van der Waals surface area contributed by atoms with Crippen LogP contribution in [0.4, 0.5) is 0 Å². The zero-order valence-electron chi connectivity index (χ0n) is 6.67. The number of hydrogen-bond acceptors (Lipinski definition) is 3. The summed E-state index contributed by atoms with van der Waals surface area (Å²) in [4.78, 5) is 11.0. The van der Waals surface area contributed by atoms with E-state index in [4.69, 9.17) is 10.5 Å². The molecule has 1 aliphatic carbocycles. The first-order chi connectivity index (χ1) is 5.24. The number of carbonyl (C=O) groups excluding carboxylic acids is 1. The summed E-state index contributed by atoms with van der Waals surface area (Å²) in [6, 6.07) is 0.120. The van der Waals surface area contributed by atoms with E-state index in [0.29, 0.717) is 13.0 Å². The highest BCUT2D eigenvalue weighted by Crippen LogP contribution is 2.17. The number of carbonyl (C=O) groups is 1. The molecule has 1 unspecified atom stereocenters. The quantitative estimate of drug-likeness (QED) is 0.594. The molecule has 0 amide bonds. The lowest BCUT2D eigenvalue weighted by molar-refractivity contribution is -0.138. The number of nitrogens with two attached hydrogens (primary N) is 1. The summed E-state index contributed by atoms with van der Waals surface area (Å²) in [6.07, 6.45) is 3.33. The Balaban J connectivity index is 2.43. The molecule has 0 aromatic rings. The third-order valence-electron chi connectivity index (χ3n) is 1.69. The van der Waals surface area contributed by atoms with Crippen molar-refractivity contribution in [3.05, 3.63) is 11.6 Å². The summed E-state index contributed by atoms with van der Waals surface area (Å²) in [5.74, 6) is -0.208. The molecule has 11 heavy (non-hydrogen) atoms. The van der Waals surface area contributed by atoms with E-state index >= 15 is 0 Å². The lowest BCUT2D eigenvalue weighted by atomic mass is 10.2. The van der Waals surface area contributed by atoms with Crippen molar-refractivity contribution in [3.63, 3.8) is 0 Å². The molecule has 0 aromatic carbocycles. The Morgan fingerprint density at radius 3 is 3.09 bits per heavy atom. The largest absolute Gasteiger partial charge is 0.463 e. The maximum Gasteiger partial charge on any atom is 0.333 e. The minimum absolute atomic E-state index is 0.120. The topological polar surface area (TPSA) is 52.3 Å². The van der Waals surface area contributed by atoms with Crippen molar-refractivity contribution in [2.75, 3.05) is 6.61 Å². The van der Waals surface area contributed by atoms with E-state index in [1.165, 1.54) is 0 Å². The maximum absolute atomic E-state index is 11.0. The Hall–Kier alpha value is -0.830. The fourth-order valence-electron chi connectivity index (χ4n) is 1.13. The van der Waals surface area contributed by atoms with E-state index in [2.05, 4.69) is 0 Å². The Kier molecular flexibility index (Phi) is 2.65. The zero-order chi connectivity index (χ0) is 8.27. The number of hydrogen-bond donors (Lipinski definition) is 1. The SMILES string of the molecule is CCOC(=O)C1=CCC(N)C1. The van der Waals surface area contributed by atoms with Gasteiger partial charge in [0.1, 0.15) is 0 Å². The van der Waals surface area contributed by atoms with Crippen molar-refractivity contribution >= 4 is 5.97 Å². The molecule has 0 spiro atoms. The van der Waals surface area contributed by atoms with Crippen LogP contribution in [0.5, 0.6) is 0 Å². The van der Waals surface area contributed by atoms with Crippen molar-refractivity contribution < 1.29 is 9.53 Å². The van der Waals surface area contributed by atoms with Crippen LogP contribution in [0.1, 0.15) is 19.8 Å². The van der Waals surface area contributed by atoms with Crippen molar-refractivity contribution in [1.29, 1.82) is 0 Å². The van der Waals surface area contributed by atoms with E-state index in [0.717, 1.165) is 12.0 Å². The van der Waals surface area contributed by atoms with Gasteiger partial charge in [0.15, 0.2) is 0 Å². The standard InChI is InChI=1S/C8H13NO2/c1-2-11-8(10)6-3-4-7(9)5-6/h3,7H,2,4-5,9H2,1H3. The van der Waals surface area contributed by atoms with E-state index in [1.54, 1.807) is 6.92 Å². The summed E-state index contributed by atoms with van der Waals surface area (Å²) >= 11 is 0. The molecule has 0 saturated carbocycles. The average molecular weight is 155 g/mol. The fraction of sp³-hybridized carbons (Fsp3) is 0.625. The van der Waals surface area contributed by atoms with Gasteiger partial charge >= 0.3 is 5.97 Å². The molecule has 0 aliphatic heterocycles. The molecule has 0 fully saturated rings. The molecule has 1 atom stereocenters. The van der Waals surface area contributed by atoms with E-state index in [9.17, 15) is 4.79 Å². The minimum Gasteiger partial charge on any atom is -0.463 e. The second kappa shape index (κ2) is 3.53. The van der Waals surface area contributed by atoms with Crippen molar-refractivity contribution in [2.45, 2.75) is 25.8 Å². The summed E-state index contributed by atoms with van der Waals surface area (Å²) in [5.41, 5.74) is 6.33. The molecule has 0 saturated heterocycles. The first-order valence-corrected chi connectivity index (χ1v) is 3.85. The molecule has 1 aliphatic rings. The number of ether oxygens (including phenoxy) is 1. The minimum atomic E-state index is -0.208. The lowest BCUT2D eigenvalue weighted by Crippen LogP contribution is -2.17. The molecule has 3 heteroatoms. The average Bonchev–Trinajstić information content (AvgIpc) is 2.36. The molecule has 1 rings (SSSR count). The van der Waals surface area contributed by atoms with Crippen LogP contribution in [0.25, 0.3) is 0 Å². The van der Waals surface area contributed by atoms with Crippen LogP contribution in [-0.4, -0.2) is 18.6 Å². The highest BCUT2D eigenvalue weighted by atomic mass is 16.5. The Morgan fingerprint density at radius 2 is 2.64 bits per heavy atom. The van der Waals surface area contributed by atoms with Gasteiger partial charge in [-0.2, -0.15) is 0 Å². The Labute approximate surface area is 66.2 Å². The number of rotatable bonds is 2. The van der Waals surface area contributed by atoms with Crippen LogP contribution in [0.15, 0.2) is 11.6 Å². The Bertz CT molecular complexity index is 187. The molecule has 0 heterocycles. The van der Waals surface area contributed by atoms with Crippen LogP contribution < -0.4 is 5.73 Å². The first kappa shape index (κ1) is 8.27. The van der Waals surface area contributed by atoms with E-state index in [-0.39, 0.29) is 12.0 Å². The molecule has 62 valence electrons. The van der Waals surface area contributed by atoms with Crippen LogP contribution in [-0.2, 0) is 9.53 Å². The van der Waals surface area contributed by atoms with Gasteiger partial charge in [-0.15, -0.1) is 0 Å². The van der Waals surface area contributed by atoms with Crippen molar-refractivity contribution in [3.8, 4) is 0 Å². The normalized spacial score (nSPS) is 23.1. The fourth-order valence-corrected chi connectivity index (χ4v) is 1.13. The monoisotopic (exact) mass is 155 g/mol. The van der Waals surface area contributed by atoms with Gasteiger partial charge in [-0.25, -0.2) is 4.79 Å². The third-order valence-corrected chi connectivity index (χ3v) is 1.69. The van der Waals surface area contributed by atoms with Gasteiger partial charge in [0.25, 0.3) is 0 Å². The van der Waals surface area contributed by atoms with Gasteiger partial charge in [0.2, 0.25) is 0 Å². The van der Waals surface area contributed by atoms with Crippen LogP contribution >= 0.6 is 0 Å². The molecule has 0 bridgehead atoms. The molecule has 2 N–H and O–H groups in total. The molecule has 3 nitrogen and oxygen atoms in total. The van der Waals surface area contributed by atoms with Gasteiger partial charge < -0.3 is 10.5 Å². The molecule has 0 aromatic heterocycles. The predicted octanol–water partition coefficient (Wildman–Crippen LogP) is 0.597. The first-order valence-electron chi connectivity index (χ1n) is 3.85. The lowest BCUT2D eigenvalue weighted by Gasteiger charge is -2.02. The maximum atomic E-state index is 11.0. The summed E-state index contributed by atoms with van der Waals surface area (Å²) < 4.78 is 4.81. The summed E-state index contributed by atoms with van der Waals surface area (Å²) in [6.45, 7) is 2.23. The second-order valence-corrected chi connectivity index (χ2v) is 2.65. The predicted molar refractivity (Wildman–Crippen MR) is 41.9 cm³/mol. The van der Waals surface area contributed by atoms with E-state index in [1.807, 2.05) is 6.08 Å². The van der Waals surface area contributed by atoms with Gasteiger partial charge in [-0.1, -0.05) is 6.08 Å². The van der Waals surface area contributed by atoms with Crippen molar-refractivity contribution in [2.24, 2.45) is 5.73 Å². The molecular formula is C8H13NO2. The zero-order valence-corrected chi connectivity index (χ0v) is 6.67. The second-order valence-electron chi connectivity index (χ2n) is 2.65. The smallest absolute Gasteiger partial charge is 0.333 e.